The number of hydrogen-bond donors (Lipinski definition) is 0. The minimum Gasteiger partial charge on any atom is -0.0837 e. The minimum absolute atomic E-state index is 0.630. The molecule has 0 N–H and O–H groups in total. The molecular formula is C10H5Cl3. The summed E-state index contributed by atoms with van der Waals surface area (Å²) in [5, 5.41) is 3.64. The molecule has 0 aromatic heterocycles. The summed E-state index contributed by atoms with van der Waals surface area (Å²) in [6, 6.07) is 9.06. The van der Waals surface area contributed by atoms with Gasteiger partial charge in [-0.1, -0.05) is 46.9 Å². The van der Waals surface area contributed by atoms with Crippen LogP contribution in [0, 0.1) is 0 Å². The van der Waals surface area contributed by atoms with Crippen LogP contribution < -0.4 is 0 Å². The highest BCUT2D eigenvalue weighted by Gasteiger charge is 2.05. The molecule has 0 aliphatic heterocycles. The van der Waals surface area contributed by atoms with Crippen molar-refractivity contribution < 1.29 is 0 Å². The SMILES string of the molecule is Clc1ccc(Cl)c2c(Cl)cccc12. The van der Waals surface area contributed by atoms with Crippen molar-refractivity contribution in [2.24, 2.45) is 0 Å². The normalized spacial score (nSPS) is 10.7. The van der Waals surface area contributed by atoms with E-state index in [4.69, 9.17) is 34.8 Å². The smallest absolute Gasteiger partial charge is 0.0500 e. The van der Waals surface area contributed by atoms with Crippen LogP contribution in [0.4, 0.5) is 0 Å². The monoisotopic (exact) mass is 230 g/mol. The molecule has 0 nitrogen and oxygen atoms in total. The molecule has 0 fully saturated rings. The Bertz CT molecular complexity index is 455. The number of rotatable bonds is 0. The van der Waals surface area contributed by atoms with Crippen molar-refractivity contribution in [3.63, 3.8) is 0 Å². The van der Waals surface area contributed by atoms with E-state index in [0.717, 1.165) is 10.8 Å². The molecule has 2 aromatic rings. The Kier molecular flexibility index (Phi) is 2.37. The predicted molar refractivity (Wildman–Crippen MR) is 59.0 cm³/mol. The second-order valence-corrected chi connectivity index (χ2v) is 3.91. The molecule has 2 aromatic carbocycles. The molecule has 13 heavy (non-hydrogen) atoms. The fourth-order valence-corrected chi connectivity index (χ4v) is 2.10. The Morgan fingerprint density at radius 2 is 1.31 bits per heavy atom. The standard InChI is InChI=1S/C10H5Cl3/c11-7-4-5-9(13)10-6(7)2-1-3-8(10)12/h1-5H. The van der Waals surface area contributed by atoms with E-state index in [1.54, 1.807) is 18.2 Å². The highest BCUT2D eigenvalue weighted by molar-refractivity contribution is 6.45. The lowest BCUT2D eigenvalue weighted by atomic mass is 10.1. The molecule has 66 valence electrons. The van der Waals surface area contributed by atoms with Gasteiger partial charge in [0.05, 0.1) is 0 Å². The van der Waals surface area contributed by atoms with Crippen molar-refractivity contribution in [1.29, 1.82) is 0 Å². The van der Waals surface area contributed by atoms with Gasteiger partial charge in [-0.05, 0) is 18.2 Å². The fourth-order valence-electron chi connectivity index (χ4n) is 1.29. The van der Waals surface area contributed by atoms with E-state index >= 15 is 0 Å². The lowest BCUT2D eigenvalue weighted by Gasteiger charge is -2.03. The van der Waals surface area contributed by atoms with Crippen LogP contribution in [0.15, 0.2) is 30.3 Å². The molecule has 0 aliphatic carbocycles. The van der Waals surface area contributed by atoms with Crippen molar-refractivity contribution in [3.05, 3.63) is 45.4 Å². The van der Waals surface area contributed by atoms with Gasteiger partial charge in [0, 0.05) is 25.8 Å². The quantitative estimate of drug-likeness (QED) is 0.611. The summed E-state index contributed by atoms with van der Waals surface area (Å²) < 4.78 is 0. The molecule has 0 amide bonds. The van der Waals surface area contributed by atoms with Gasteiger partial charge in [0.1, 0.15) is 0 Å². The summed E-state index contributed by atoms with van der Waals surface area (Å²) in [7, 11) is 0. The van der Waals surface area contributed by atoms with Gasteiger partial charge in [-0.2, -0.15) is 0 Å². The van der Waals surface area contributed by atoms with Gasteiger partial charge in [-0.25, -0.2) is 0 Å². The molecule has 3 heteroatoms. The molecule has 0 saturated heterocycles. The van der Waals surface area contributed by atoms with E-state index < -0.39 is 0 Å². The Morgan fingerprint density at radius 3 is 2.00 bits per heavy atom. The number of fused-ring (bicyclic) bond motifs is 1. The molecule has 0 aliphatic rings. The van der Waals surface area contributed by atoms with Gasteiger partial charge in [-0.15, -0.1) is 0 Å². The fraction of sp³-hybridized carbons (Fsp3) is 0. The van der Waals surface area contributed by atoms with Gasteiger partial charge < -0.3 is 0 Å². The average molecular weight is 232 g/mol. The first kappa shape index (κ1) is 9.14. The van der Waals surface area contributed by atoms with Crippen LogP contribution >= 0.6 is 34.8 Å². The summed E-state index contributed by atoms with van der Waals surface area (Å²) in [5.41, 5.74) is 0. The zero-order valence-corrected chi connectivity index (χ0v) is 8.79. The number of halogens is 3. The number of hydrogen-bond acceptors (Lipinski definition) is 0. The molecule has 0 heterocycles. The van der Waals surface area contributed by atoms with Crippen molar-refractivity contribution in [2.45, 2.75) is 0 Å². The first-order chi connectivity index (χ1) is 6.20. The molecule has 2 rings (SSSR count). The predicted octanol–water partition coefficient (Wildman–Crippen LogP) is 4.80. The summed E-state index contributed by atoms with van der Waals surface area (Å²) >= 11 is 18.0. The van der Waals surface area contributed by atoms with Crippen molar-refractivity contribution in [1.82, 2.24) is 0 Å². The van der Waals surface area contributed by atoms with Crippen LogP contribution in [0.1, 0.15) is 0 Å². The van der Waals surface area contributed by atoms with Crippen LogP contribution in [0.25, 0.3) is 10.8 Å². The average Bonchev–Trinajstić information content (AvgIpc) is 2.12. The lowest BCUT2D eigenvalue weighted by molar-refractivity contribution is 1.74. The van der Waals surface area contributed by atoms with Crippen molar-refractivity contribution in [2.75, 3.05) is 0 Å². The van der Waals surface area contributed by atoms with Gasteiger partial charge >= 0.3 is 0 Å². The number of benzene rings is 2. The molecule has 0 spiro atoms. The first-order valence-corrected chi connectivity index (χ1v) is 4.86. The van der Waals surface area contributed by atoms with Gasteiger partial charge in [0.2, 0.25) is 0 Å². The summed E-state index contributed by atoms with van der Waals surface area (Å²) in [6.07, 6.45) is 0. The zero-order chi connectivity index (χ0) is 9.42. The van der Waals surface area contributed by atoms with E-state index in [9.17, 15) is 0 Å². The zero-order valence-electron chi connectivity index (χ0n) is 6.52. The molecule has 0 saturated carbocycles. The van der Waals surface area contributed by atoms with Crippen molar-refractivity contribution in [3.8, 4) is 0 Å². The molecule has 0 radical (unpaired) electrons. The van der Waals surface area contributed by atoms with E-state index in [0.29, 0.717) is 15.1 Å². The molecule has 0 bridgehead atoms. The molecular weight excluding hydrogens is 226 g/mol. The van der Waals surface area contributed by atoms with Gasteiger partial charge in [-0.3, -0.25) is 0 Å². The minimum atomic E-state index is 0.630. The Labute approximate surface area is 91.0 Å². The van der Waals surface area contributed by atoms with Crippen LogP contribution in [0.2, 0.25) is 15.1 Å². The first-order valence-electron chi connectivity index (χ1n) is 3.72. The van der Waals surface area contributed by atoms with Crippen molar-refractivity contribution >= 4 is 45.6 Å². The lowest BCUT2D eigenvalue weighted by Crippen LogP contribution is -1.77. The van der Waals surface area contributed by atoms with E-state index in [1.807, 2.05) is 12.1 Å². The van der Waals surface area contributed by atoms with E-state index in [1.165, 1.54) is 0 Å². The van der Waals surface area contributed by atoms with E-state index in [-0.39, 0.29) is 0 Å². The second kappa shape index (κ2) is 3.38. The van der Waals surface area contributed by atoms with E-state index in [2.05, 4.69) is 0 Å². The third-order valence-electron chi connectivity index (χ3n) is 1.89. The van der Waals surface area contributed by atoms with Crippen LogP contribution in [0.3, 0.4) is 0 Å². The topological polar surface area (TPSA) is 0 Å². The highest BCUT2D eigenvalue weighted by atomic mass is 35.5. The summed E-state index contributed by atoms with van der Waals surface area (Å²) in [4.78, 5) is 0. The second-order valence-electron chi connectivity index (χ2n) is 2.69. The van der Waals surface area contributed by atoms with Crippen LogP contribution in [-0.4, -0.2) is 0 Å². The Hall–Kier alpha value is -0.430. The van der Waals surface area contributed by atoms with Crippen LogP contribution in [0.5, 0.6) is 0 Å². The van der Waals surface area contributed by atoms with Crippen LogP contribution in [-0.2, 0) is 0 Å². The Morgan fingerprint density at radius 1 is 0.692 bits per heavy atom. The maximum absolute atomic E-state index is 5.99. The molecule has 0 atom stereocenters. The Balaban J connectivity index is 3.00. The summed E-state index contributed by atoms with van der Waals surface area (Å²) in [6.45, 7) is 0. The third-order valence-corrected chi connectivity index (χ3v) is 2.85. The summed E-state index contributed by atoms with van der Waals surface area (Å²) in [5.74, 6) is 0. The maximum atomic E-state index is 5.99. The maximum Gasteiger partial charge on any atom is 0.0500 e. The largest absolute Gasteiger partial charge is 0.0837 e. The van der Waals surface area contributed by atoms with Gasteiger partial charge in [0.15, 0.2) is 0 Å². The molecule has 0 unspecified atom stereocenters. The third kappa shape index (κ3) is 1.50. The highest BCUT2D eigenvalue weighted by Crippen LogP contribution is 2.34. The van der Waals surface area contributed by atoms with Gasteiger partial charge in [0.25, 0.3) is 0 Å².